The Morgan fingerprint density at radius 1 is 1.10 bits per heavy atom. The van der Waals surface area contributed by atoms with E-state index in [2.05, 4.69) is 49.6 Å². The fourth-order valence-corrected chi connectivity index (χ4v) is 3.26. The number of aliphatic imine (C=N–C) groups is 1. The molecule has 164 valence electrons. The fraction of sp³-hybridized carbons (Fsp3) is 0.455. The lowest BCUT2D eigenvalue weighted by molar-refractivity contribution is 0.312. The molecule has 0 bridgehead atoms. The number of benzene rings is 1. The SMILES string of the molecule is CCNC(=NCc1ccc(N2CCN(C)CC2)nc1)NCCc1ccccc1F.I. The summed E-state index contributed by atoms with van der Waals surface area (Å²) in [7, 11) is 2.15. The first-order valence-corrected chi connectivity index (χ1v) is 10.3. The third kappa shape index (κ3) is 7.39. The van der Waals surface area contributed by atoms with Crippen LogP contribution in [0.2, 0.25) is 0 Å². The summed E-state index contributed by atoms with van der Waals surface area (Å²) in [5.41, 5.74) is 1.77. The monoisotopic (exact) mass is 526 g/mol. The molecule has 0 atom stereocenters. The van der Waals surface area contributed by atoms with E-state index in [-0.39, 0.29) is 29.8 Å². The number of halogens is 2. The third-order valence-electron chi connectivity index (χ3n) is 5.04. The van der Waals surface area contributed by atoms with Crippen molar-refractivity contribution >= 4 is 35.8 Å². The van der Waals surface area contributed by atoms with Gasteiger partial charge < -0.3 is 20.4 Å². The highest BCUT2D eigenvalue weighted by Crippen LogP contribution is 2.14. The minimum atomic E-state index is -0.164. The highest BCUT2D eigenvalue weighted by molar-refractivity contribution is 14.0. The van der Waals surface area contributed by atoms with E-state index in [9.17, 15) is 4.39 Å². The van der Waals surface area contributed by atoms with E-state index < -0.39 is 0 Å². The molecule has 0 amide bonds. The normalized spacial score (nSPS) is 14.9. The van der Waals surface area contributed by atoms with Crippen LogP contribution in [0.15, 0.2) is 47.6 Å². The van der Waals surface area contributed by atoms with Gasteiger partial charge in [-0.1, -0.05) is 24.3 Å². The average Bonchev–Trinajstić information content (AvgIpc) is 2.74. The number of pyridine rings is 1. The zero-order valence-corrected chi connectivity index (χ0v) is 20.1. The van der Waals surface area contributed by atoms with Crippen LogP contribution in [0.3, 0.4) is 0 Å². The van der Waals surface area contributed by atoms with E-state index in [0.29, 0.717) is 25.1 Å². The Balaban J connectivity index is 0.00000320. The zero-order chi connectivity index (χ0) is 20.5. The maximum Gasteiger partial charge on any atom is 0.191 e. The summed E-state index contributed by atoms with van der Waals surface area (Å²) in [6, 6.07) is 11.0. The molecule has 1 aromatic heterocycles. The lowest BCUT2D eigenvalue weighted by Crippen LogP contribution is -2.44. The number of anilines is 1. The van der Waals surface area contributed by atoms with Gasteiger partial charge in [0.15, 0.2) is 5.96 Å². The maximum absolute atomic E-state index is 13.7. The summed E-state index contributed by atoms with van der Waals surface area (Å²) in [5, 5.41) is 6.51. The summed E-state index contributed by atoms with van der Waals surface area (Å²) in [6.07, 6.45) is 2.51. The first-order chi connectivity index (χ1) is 14.2. The molecule has 1 fully saturated rings. The van der Waals surface area contributed by atoms with Crippen LogP contribution in [0.25, 0.3) is 0 Å². The minimum absolute atomic E-state index is 0. The maximum atomic E-state index is 13.7. The number of likely N-dealkylation sites (N-methyl/N-ethyl adjacent to an activating group) is 1. The van der Waals surface area contributed by atoms with Crippen LogP contribution in [0, 0.1) is 5.82 Å². The van der Waals surface area contributed by atoms with E-state index in [1.165, 1.54) is 6.07 Å². The van der Waals surface area contributed by atoms with Crippen molar-refractivity contribution < 1.29 is 4.39 Å². The molecule has 1 aliphatic heterocycles. The van der Waals surface area contributed by atoms with E-state index in [1.54, 1.807) is 6.07 Å². The first kappa shape index (κ1) is 24.3. The molecule has 8 heteroatoms. The lowest BCUT2D eigenvalue weighted by Gasteiger charge is -2.33. The Morgan fingerprint density at radius 2 is 1.87 bits per heavy atom. The van der Waals surface area contributed by atoms with Crippen molar-refractivity contribution in [1.29, 1.82) is 0 Å². The third-order valence-corrected chi connectivity index (χ3v) is 5.04. The van der Waals surface area contributed by atoms with Crippen molar-refractivity contribution in [2.24, 2.45) is 4.99 Å². The topological polar surface area (TPSA) is 55.8 Å². The fourth-order valence-electron chi connectivity index (χ4n) is 3.26. The van der Waals surface area contributed by atoms with Gasteiger partial charge in [-0.05, 0) is 43.7 Å². The summed E-state index contributed by atoms with van der Waals surface area (Å²) in [6.45, 7) is 8.12. The molecule has 1 saturated heterocycles. The highest BCUT2D eigenvalue weighted by Gasteiger charge is 2.14. The number of nitrogens with zero attached hydrogens (tertiary/aromatic N) is 4. The second-order valence-electron chi connectivity index (χ2n) is 7.28. The van der Waals surface area contributed by atoms with Crippen LogP contribution in [0.4, 0.5) is 10.2 Å². The van der Waals surface area contributed by atoms with Gasteiger partial charge in [-0.15, -0.1) is 24.0 Å². The van der Waals surface area contributed by atoms with Gasteiger partial charge in [-0.2, -0.15) is 0 Å². The number of rotatable bonds is 7. The smallest absolute Gasteiger partial charge is 0.191 e. The van der Waals surface area contributed by atoms with Crippen molar-refractivity contribution in [1.82, 2.24) is 20.5 Å². The Labute approximate surface area is 196 Å². The molecule has 0 aliphatic carbocycles. The molecule has 2 heterocycles. The summed E-state index contributed by atoms with van der Waals surface area (Å²) >= 11 is 0. The van der Waals surface area contributed by atoms with Gasteiger partial charge in [0.1, 0.15) is 11.6 Å². The minimum Gasteiger partial charge on any atom is -0.357 e. The van der Waals surface area contributed by atoms with Gasteiger partial charge in [0.25, 0.3) is 0 Å². The van der Waals surface area contributed by atoms with Crippen LogP contribution in [0.1, 0.15) is 18.1 Å². The Bertz CT molecular complexity index is 790. The standard InChI is InChI=1S/C22H31FN6.HI/c1-3-24-22(25-11-10-19-6-4-5-7-20(19)23)27-17-18-8-9-21(26-16-18)29-14-12-28(2)13-15-29;/h4-9,16H,3,10-15,17H2,1-2H3,(H2,24,25,27);1H. The molecule has 0 saturated carbocycles. The molecule has 30 heavy (non-hydrogen) atoms. The first-order valence-electron chi connectivity index (χ1n) is 10.3. The van der Waals surface area contributed by atoms with Crippen LogP contribution in [0.5, 0.6) is 0 Å². The second-order valence-corrected chi connectivity index (χ2v) is 7.28. The molecule has 1 aliphatic rings. The zero-order valence-electron chi connectivity index (χ0n) is 17.8. The molecule has 2 N–H and O–H groups in total. The predicted octanol–water partition coefficient (Wildman–Crippen LogP) is 2.89. The lowest BCUT2D eigenvalue weighted by atomic mass is 10.1. The van der Waals surface area contributed by atoms with Crippen LogP contribution < -0.4 is 15.5 Å². The molecule has 2 aromatic rings. The average molecular weight is 526 g/mol. The van der Waals surface area contributed by atoms with Gasteiger partial charge in [0.2, 0.25) is 0 Å². The van der Waals surface area contributed by atoms with Gasteiger partial charge in [0.05, 0.1) is 6.54 Å². The number of nitrogens with one attached hydrogen (secondary N) is 2. The molecule has 0 radical (unpaired) electrons. The van der Waals surface area contributed by atoms with Gasteiger partial charge in [0, 0.05) is 45.5 Å². The molecule has 0 unspecified atom stereocenters. The van der Waals surface area contributed by atoms with Gasteiger partial charge >= 0.3 is 0 Å². The van der Waals surface area contributed by atoms with Crippen molar-refractivity contribution in [2.45, 2.75) is 19.9 Å². The Morgan fingerprint density at radius 3 is 2.53 bits per heavy atom. The van der Waals surface area contributed by atoms with Crippen molar-refractivity contribution in [3.8, 4) is 0 Å². The number of guanidine groups is 1. The quantitative estimate of drug-likeness (QED) is 0.330. The van der Waals surface area contributed by atoms with Crippen molar-refractivity contribution in [3.63, 3.8) is 0 Å². The molecular weight excluding hydrogens is 494 g/mol. The van der Waals surface area contributed by atoms with E-state index in [4.69, 9.17) is 0 Å². The van der Waals surface area contributed by atoms with Crippen LogP contribution in [-0.4, -0.2) is 62.2 Å². The Kier molecular flexibility index (Phi) is 10.3. The van der Waals surface area contributed by atoms with Crippen molar-refractivity contribution in [3.05, 3.63) is 59.5 Å². The van der Waals surface area contributed by atoms with Crippen LogP contribution in [-0.2, 0) is 13.0 Å². The Hall–Kier alpha value is -1.94. The number of hydrogen-bond acceptors (Lipinski definition) is 4. The summed E-state index contributed by atoms with van der Waals surface area (Å²) in [5.74, 6) is 1.59. The van der Waals surface area contributed by atoms with E-state index in [1.807, 2.05) is 25.3 Å². The second kappa shape index (κ2) is 12.7. The number of aromatic nitrogens is 1. The molecule has 0 spiro atoms. The largest absolute Gasteiger partial charge is 0.357 e. The van der Waals surface area contributed by atoms with Crippen molar-refractivity contribution in [2.75, 3.05) is 51.2 Å². The van der Waals surface area contributed by atoms with Gasteiger partial charge in [-0.3, -0.25) is 0 Å². The molecule has 1 aromatic carbocycles. The molecular formula is C22H32FIN6. The van der Waals surface area contributed by atoms with Gasteiger partial charge in [-0.25, -0.2) is 14.4 Å². The highest BCUT2D eigenvalue weighted by atomic mass is 127. The number of piperazine rings is 1. The van der Waals surface area contributed by atoms with Crippen LogP contribution >= 0.6 is 24.0 Å². The predicted molar refractivity (Wildman–Crippen MR) is 132 cm³/mol. The summed E-state index contributed by atoms with van der Waals surface area (Å²) < 4.78 is 13.7. The number of hydrogen-bond donors (Lipinski definition) is 2. The van der Waals surface area contributed by atoms with E-state index >= 15 is 0 Å². The van der Waals surface area contributed by atoms with E-state index in [0.717, 1.165) is 50.1 Å². The molecule has 3 rings (SSSR count). The molecule has 6 nitrogen and oxygen atoms in total. The summed E-state index contributed by atoms with van der Waals surface area (Å²) in [4.78, 5) is 13.9.